The van der Waals surface area contributed by atoms with E-state index in [1.165, 1.54) is 11.6 Å². The molecule has 168 valence electrons. The van der Waals surface area contributed by atoms with Gasteiger partial charge in [-0.15, -0.1) is 0 Å². The molecule has 0 aromatic heterocycles. The number of rotatable bonds is 9. The van der Waals surface area contributed by atoms with E-state index in [0.29, 0.717) is 30.8 Å². The zero-order chi connectivity index (χ0) is 22.3. The molecule has 1 saturated heterocycles. The lowest BCUT2D eigenvalue weighted by Crippen LogP contribution is -2.36. The number of hydrogen-bond donors (Lipinski definition) is 1. The van der Waals surface area contributed by atoms with Gasteiger partial charge in [-0.3, -0.25) is 4.79 Å². The van der Waals surface area contributed by atoms with Crippen LogP contribution >= 0.6 is 0 Å². The molecule has 0 aliphatic carbocycles. The summed E-state index contributed by atoms with van der Waals surface area (Å²) >= 11 is 0. The predicted octanol–water partition coefficient (Wildman–Crippen LogP) is 3.42. The fourth-order valence-corrected chi connectivity index (χ4v) is 5.66. The van der Waals surface area contributed by atoms with Crippen molar-refractivity contribution in [3.8, 4) is 0 Å². The molecule has 3 rings (SSSR count). The largest absolute Gasteiger partial charge is 0.352 e. The Kier molecular flexibility index (Phi) is 8.23. The number of benzene rings is 2. The summed E-state index contributed by atoms with van der Waals surface area (Å²) in [6.45, 7) is 5.15. The predicted molar refractivity (Wildman–Crippen MR) is 124 cm³/mol. The van der Waals surface area contributed by atoms with Crippen LogP contribution in [0.15, 0.2) is 53.4 Å². The quantitative estimate of drug-likeness (QED) is 0.603. The molecule has 1 heterocycles. The Morgan fingerprint density at radius 2 is 1.77 bits per heavy atom. The van der Waals surface area contributed by atoms with Gasteiger partial charge in [0.25, 0.3) is 5.91 Å². The average molecular weight is 444 g/mol. The van der Waals surface area contributed by atoms with Crippen molar-refractivity contribution in [2.75, 3.05) is 33.2 Å². The van der Waals surface area contributed by atoms with Gasteiger partial charge < -0.3 is 10.2 Å². The summed E-state index contributed by atoms with van der Waals surface area (Å²) in [5, 5.41) is 2.92. The minimum atomic E-state index is -3.57. The molecule has 1 aliphatic rings. The van der Waals surface area contributed by atoms with E-state index in [0.717, 1.165) is 38.8 Å². The summed E-state index contributed by atoms with van der Waals surface area (Å²) < 4.78 is 27.7. The maximum absolute atomic E-state index is 13.1. The van der Waals surface area contributed by atoms with Gasteiger partial charge in [-0.25, -0.2) is 8.42 Å². The Balaban J connectivity index is 1.54. The summed E-state index contributed by atoms with van der Waals surface area (Å²) in [4.78, 5) is 15.1. The third kappa shape index (κ3) is 6.38. The summed E-state index contributed by atoms with van der Waals surface area (Å²) in [6.07, 6.45) is 3.65. The Morgan fingerprint density at radius 3 is 2.48 bits per heavy atom. The summed E-state index contributed by atoms with van der Waals surface area (Å²) in [5.41, 5.74) is 2.32. The molecule has 2 aromatic carbocycles. The van der Waals surface area contributed by atoms with E-state index < -0.39 is 10.0 Å². The first-order chi connectivity index (χ1) is 14.9. The average Bonchev–Trinajstić information content (AvgIpc) is 2.78. The van der Waals surface area contributed by atoms with Crippen LogP contribution in [0.3, 0.4) is 0 Å². The number of aryl methyl sites for hydroxylation is 1. The molecule has 31 heavy (non-hydrogen) atoms. The van der Waals surface area contributed by atoms with Gasteiger partial charge in [-0.1, -0.05) is 42.8 Å². The van der Waals surface area contributed by atoms with E-state index in [1.807, 2.05) is 18.2 Å². The first-order valence-electron chi connectivity index (χ1n) is 11.0. The van der Waals surface area contributed by atoms with Crippen LogP contribution in [0.5, 0.6) is 0 Å². The lowest BCUT2D eigenvalue weighted by atomic mass is 10.1. The fraction of sp³-hybridized carbons (Fsp3) is 0.458. The van der Waals surface area contributed by atoms with E-state index in [-0.39, 0.29) is 10.8 Å². The van der Waals surface area contributed by atoms with Crippen LogP contribution < -0.4 is 5.32 Å². The first kappa shape index (κ1) is 23.4. The standard InChI is InChI=1S/C24H33N3O3S/c1-20-12-13-22(18-23(20)31(29,30)27-16-7-4-8-17-27)24(28)25-14-9-15-26(2)19-21-10-5-3-6-11-21/h3,5-6,10-13,18H,4,7-9,14-17,19H2,1-2H3,(H,25,28). The summed E-state index contributed by atoms with van der Waals surface area (Å²) in [6, 6.07) is 15.2. The van der Waals surface area contributed by atoms with Crippen LogP contribution in [0.2, 0.25) is 0 Å². The van der Waals surface area contributed by atoms with Gasteiger partial charge in [0, 0.05) is 31.7 Å². The molecule has 7 heteroatoms. The smallest absolute Gasteiger partial charge is 0.251 e. The van der Waals surface area contributed by atoms with Crippen molar-refractivity contribution in [1.29, 1.82) is 0 Å². The van der Waals surface area contributed by atoms with Crippen LogP contribution in [0, 0.1) is 6.92 Å². The molecular weight excluding hydrogens is 410 g/mol. The zero-order valence-corrected chi connectivity index (χ0v) is 19.3. The van der Waals surface area contributed by atoms with E-state index in [2.05, 4.69) is 29.4 Å². The number of piperidine rings is 1. The van der Waals surface area contributed by atoms with Crippen LogP contribution in [-0.2, 0) is 16.6 Å². The highest BCUT2D eigenvalue weighted by molar-refractivity contribution is 7.89. The molecule has 6 nitrogen and oxygen atoms in total. The van der Waals surface area contributed by atoms with Gasteiger partial charge in [0.15, 0.2) is 0 Å². The SMILES string of the molecule is Cc1ccc(C(=O)NCCCN(C)Cc2ccccc2)cc1S(=O)(=O)N1CCCCC1. The minimum Gasteiger partial charge on any atom is -0.352 e. The third-order valence-corrected chi connectivity index (χ3v) is 7.72. The molecule has 0 saturated carbocycles. The van der Waals surface area contributed by atoms with Gasteiger partial charge in [-0.05, 0) is 63.0 Å². The number of carbonyl (C=O) groups excluding carboxylic acids is 1. The Labute approximate surface area is 186 Å². The van der Waals surface area contributed by atoms with E-state index in [4.69, 9.17) is 0 Å². The number of sulfonamides is 1. The summed E-state index contributed by atoms with van der Waals surface area (Å²) in [7, 11) is -1.51. The van der Waals surface area contributed by atoms with Crippen LogP contribution in [0.25, 0.3) is 0 Å². The topological polar surface area (TPSA) is 69.7 Å². The van der Waals surface area contributed by atoms with E-state index >= 15 is 0 Å². The Bertz CT molecular complexity index is 971. The highest BCUT2D eigenvalue weighted by Gasteiger charge is 2.28. The second-order valence-corrected chi connectivity index (χ2v) is 10.2. The Hall–Kier alpha value is -2.22. The molecule has 0 spiro atoms. The van der Waals surface area contributed by atoms with Crippen LogP contribution in [0.1, 0.15) is 47.2 Å². The highest BCUT2D eigenvalue weighted by Crippen LogP contribution is 2.24. The van der Waals surface area contributed by atoms with Crippen molar-refractivity contribution in [3.63, 3.8) is 0 Å². The van der Waals surface area contributed by atoms with E-state index in [9.17, 15) is 13.2 Å². The maximum atomic E-state index is 13.1. The first-order valence-corrected chi connectivity index (χ1v) is 12.4. The minimum absolute atomic E-state index is 0.235. The molecule has 2 aromatic rings. The Morgan fingerprint density at radius 1 is 1.06 bits per heavy atom. The lowest BCUT2D eigenvalue weighted by molar-refractivity contribution is 0.0951. The van der Waals surface area contributed by atoms with Gasteiger partial charge in [0.05, 0.1) is 4.90 Å². The van der Waals surface area contributed by atoms with Crippen LogP contribution in [0.4, 0.5) is 0 Å². The van der Waals surface area contributed by atoms with Crippen molar-refractivity contribution < 1.29 is 13.2 Å². The van der Waals surface area contributed by atoms with Crippen molar-refractivity contribution >= 4 is 15.9 Å². The molecule has 0 bridgehead atoms. The third-order valence-electron chi connectivity index (χ3n) is 5.68. The second-order valence-electron chi connectivity index (χ2n) is 8.28. The molecule has 1 amide bonds. The number of carbonyl (C=O) groups is 1. The van der Waals surface area contributed by atoms with E-state index in [1.54, 1.807) is 23.4 Å². The van der Waals surface area contributed by atoms with Crippen molar-refractivity contribution in [3.05, 3.63) is 65.2 Å². The molecule has 0 radical (unpaired) electrons. The molecule has 1 aliphatic heterocycles. The molecule has 1 N–H and O–H groups in total. The van der Waals surface area contributed by atoms with Crippen molar-refractivity contribution in [2.45, 2.75) is 44.0 Å². The number of nitrogens with one attached hydrogen (secondary N) is 1. The monoisotopic (exact) mass is 443 g/mol. The van der Waals surface area contributed by atoms with Gasteiger partial charge in [-0.2, -0.15) is 4.31 Å². The maximum Gasteiger partial charge on any atom is 0.251 e. The normalized spacial score (nSPS) is 15.2. The second kappa shape index (κ2) is 10.9. The van der Waals surface area contributed by atoms with Crippen LogP contribution in [-0.4, -0.2) is 56.8 Å². The summed E-state index contributed by atoms with van der Waals surface area (Å²) in [5.74, 6) is -0.235. The van der Waals surface area contributed by atoms with Gasteiger partial charge in [0.1, 0.15) is 0 Å². The number of nitrogens with zero attached hydrogens (tertiary/aromatic N) is 2. The highest BCUT2D eigenvalue weighted by atomic mass is 32.2. The van der Waals surface area contributed by atoms with Gasteiger partial charge >= 0.3 is 0 Å². The number of hydrogen-bond acceptors (Lipinski definition) is 4. The van der Waals surface area contributed by atoms with Crippen molar-refractivity contribution in [1.82, 2.24) is 14.5 Å². The lowest BCUT2D eigenvalue weighted by Gasteiger charge is -2.26. The number of amides is 1. The van der Waals surface area contributed by atoms with Crippen molar-refractivity contribution in [2.24, 2.45) is 0 Å². The molecular formula is C24H33N3O3S. The molecule has 0 unspecified atom stereocenters. The molecule has 1 fully saturated rings. The fourth-order valence-electron chi connectivity index (χ4n) is 3.89. The zero-order valence-electron chi connectivity index (χ0n) is 18.5. The van der Waals surface area contributed by atoms with Gasteiger partial charge in [0.2, 0.25) is 10.0 Å². The molecule has 0 atom stereocenters.